The van der Waals surface area contributed by atoms with Gasteiger partial charge in [-0.2, -0.15) is 23.3 Å². The lowest BCUT2D eigenvalue weighted by Crippen LogP contribution is -2.56. The Hall–Kier alpha value is -1.96. The van der Waals surface area contributed by atoms with E-state index in [0.29, 0.717) is 0 Å². The van der Waals surface area contributed by atoms with Crippen LogP contribution in [0.4, 0.5) is 17.6 Å². The third kappa shape index (κ3) is 2.15. The Morgan fingerprint density at radius 1 is 1.40 bits per heavy atom. The average Bonchev–Trinajstić information content (AvgIpc) is 2.65. The zero-order valence-corrected chi connectivity index (χ0v) is 10.3. The molecule has 2 rings (SSSR count). The van der Waals surface area contributed by atoms with Gasteiger partial charge in [0, 0.05) is 12.1 Å². The van der Waals surface area contributed by atoms with Gasteiger partial charge in [-0.25, -0.2) is 4.39 Å². The van der Waals surface area contributed by atoms with Gasteiger partial charge in [0.15, 0.2) is 0 Å². The first kappa shape index (κ1) is 14.4. The lowest BCUT2D eigenvalue weighted by Gasteiger charge is -2.32. The molecule has 0 radical (unpaired) electrons. The molecule has 0 bridgehead atoms. The molecule has 1 N–H and O–H groups in total. The number of amides is 1. The van der Waals surface area contributed by atoms with Crippen molar-refractivity contribution in [2.45, 2.75) is 25.2 Å². The molecular weight excluding hydrogens is 280 g/mol. The van der Waals surface area contributed by atoms with E-state index < -0.39 is 35.6 Å². The molecular formula is C12H10F4N2O2. The maximum Gasteiger partial charge on any atom is 0.438 e. The van der Waals surface area contributed by atoms with Crippen molar-refractivity contribution in [1.82, 2.24) is 5.01 Å². The molecule has 0 aromatic heterocycles. The zero-order chi connectivity index (χ0) is 15.1. The fourth-order valence-electron chi connectivity index (χ4n) is 1.90. The molecule has 1 amide bonds. The highest BCUT2D eigenvalue weighted by molar-refractivity contribution is 5.98. The molecule has 1 aromatic rings. The molecule has 1 atom stereocenters. The first-order valence-corrected chi connectivity index (χ1v) is 5.59. The maximum absolute atomic E-state index is 13.5. The van der Waals surface area contributed by atoms with Crippen molar-refractivity contribution in [3.8, 4) is 0 Å². The van der Waals surface area contributed by atoms with Crippen LogP contribution in [0.3, 0.4) is 0 Å². The number of aliphatic hydroxyl groups is 1. The van der Waals surface area contributed by atoms with E-state index in [0.717, 1.165) is 12.1 Å². The summed E-state index contributed by atoms with van der Waals surface area (Å²) in [6.45, 7) is 1.24. The number of nitrogens with zero attached hydrogens (tertiary/aromatic N) is 2. The van der Waals surface area contributed by atoms with Crippen LogP contribution in [0.25, 0.3) is 0 Å². The SMILES string of the molecule is CC1=NN(C(=O)c2ccccc2F)[C@@](O)(C(F)(F)F)C1. The molecule has 0 saturated carbocycles. The Morgan fingerprint density at radius 3 is 2.55 bits per heavy atom. The molecule has 0 unspecified atom stereocenters. The predicted octanol–water partition coefficient (Wildman–Crippen LogP) is 2.30. The van der Waals surface area contributed by atoms with Crippen molar-refractivity contribution >= 4 is 11.6 Å². The Morgan fingerprint density at radius 2 is 2.00 bits per heavy atom. The van der Waals surface area contributed by atoms with E-state index in [2.05, 4.69) is 5.10 Å². The standard InChI is InChI=1S/C12H10F4N2O2/c1-7-6-11(20,12(14,15)16)18(17-7)10(19)8-4-2-3-5-9(8)13/h2-5,20H,6H2,1H3/t11-/m0/s1. The minimum atomic E-state index is -5.10. The summed E-state index contributed by atoms with van der Waals surface area (Å²) in [5, 5.41) is 13.0. The molecule has 8 heteroatoms. The van der Waals surface area contributed by atoms with Gasteiger partial charge < -0.3 is 5.11 Å². The molecule has 1 heterocycles. The molecule has 0 saturated heterocycles. The van der Waals surface area contributed by atoms with Crippen LogP contribution in [0.15, 0.2) is 29.4 Å². The van der Waals surface area contributed by atoms with Gasteiger partial charge in [0.2, 0.25) is 0 Å². The number of carbonyl (C=O) groups excluding carboxylic acids is 1. The minimum Gasteiger partial charge on any atom is -0.362 e. The van der Waals surface area contributed by atoms with Crippen LogP contribution in [0.5, 0.6) is 0 Å². The molecule has 0 aliphatic carbocycles. The second-order valence-corrected chi connectivity index (χ2v) is 4.42. The number of halogens is 4. The second-order valence-electron chi connectivity index (χ2n) is 4.42. The van der Waals surface area contributed by atoms with Gasteiger partial charge in [-0.15, -0.1) is 0 Å². The fourth-order valence-corrected chi connectivity index (χ4v) is 1.90. The quantitative estimate of drug-likeness (QED) is 0.807. The number of hydrogen-bond donors (Lipinski definition) is 1. The van der Waals surface area contributed by atoms with E-state index in [1.54, 1.807) is 0 Å². The van der Waals surface area contributed by atoms with Gasteiger partial charge in [-0.05, 0) is 19.1 Å². The van der Waals surface area contributed by atoms with Crippen molar-refractivity contribution in [1.29, 1.82) is 0 Å². The van der Waals surface area contributed by atoms with Crippen LogP contribution in [0, 0.1) is 5.82 Å². The molecule has 108 valence electrons. The Labute approximate surface area is 111 Å². The lowest BCUT2D eigenvalue weighted by molar-refractivity contribution is -0.297. The number of benzene rings is 1. The normalized spacial score (nSPS) is 22.9. The van der Waals surface area contributed by atoms with Crippen LogP contribution in [0.1, 0.15) is 23.7 Å². The summed E-state index contributed by atoms with van der Waals surface area (Å²) in [4.78, 5) is 12.0. The summed E-state index contributed by atoms with van der Waals surface area (Å²) in [5.41, 5.74) is -4.11. The van der Waals surface area contributed by atoms with Gasteiger partial charge in [-0.3, -0.25) is 4.79 Å². The Bertz CT molecular complexity index is 585. The summed E-state index contributed by atoms with van der Waals surface area (Å²) in [6.07, 6.45) is -5.97. The molecule has 20 heavy (non-hydrogen) atoms. The van der Waals surface area contributed by atoms with E-state index in [1.807, 2.05) is 0 Å². The monoisotopic (exact) mass is 290 g/mol. The molecule has 0 fully saturated rings. The molecule has 1 aliphatic heterocycles. The van der Waals surface area contributed by atoms with E-state index in [1.165, 1.54) is 19.1 Å². The van der Waals surface area contributed by atoms with Gasteiger partial charge in [-0.1, -0.05) is 12.1 Å². The number of alkyl halides is 3. The van der Waals surface area contributed by atoms with Crippen molar-refractivity contribution in [2.75, 3.05) is 0 Å². The first-order chi connectivity index (χ1) is 9.17. The maximum atomic E-state index is 13.5. The number of carbonyl (C=O) groups is 1. The summed E-state index contributed by atoms with van der Waals surface area (Å²) in [6, 6.07) is 4.56. The largest absolute Gasteiger partial charge is 0.438 e. The van der Waals surface area contributed by atoms with Crippen molar-refractivity contribution < 1.29 is 27.5 Å². The average molecular weight is 290 g/mol. The fraction of sp³-hybridized carbons (Fsp3) is 0.333. The highest BCUT2D eigenvalue weighted by Crippen LogP contribution is 2.40. The van der Waals surface area contributed by atoms with Crippen LogP contribution >= 0.6 is 0 Å². The molecule has 1 aliphatic rings. The second kappa shape index (κ2) is 4.55. The van der Waals surface area contributed by atoms with Gasteiger partial charge in [0.05, 0.1) is 5.56 Å². The van der Waals surface area contributed by atoms with Crippen molar-refractivity contribution in [2.24, 2.45) is 5.10 Å². The Balaban J connectivity index is 2.45. The summed E-state index contributed by atoms with van der Waals surface area (Å²) in [7, 11) is 0. The van der Waals surface area contributed by atoms with Crippen LogP contribution < -0.4 is 0 Å². The number of rotatable bonds is 1. The summed E-state index contributed by atoms with van der Waals surface area (Å²) >= 11 is 0. The van der Waals surface area contributed by atoms with E-state index in [4.69, 9.17) is 0 Å². The van der Waals surface area contributed by atoms with Gasteiger partial charge in [0.1, 0.15) is 5.82 Å². The first-order valence-electron chi connectivity index (χ1n) is 5.59. The van der Waals surface area contributed by atoms with Crippen LogP contribution in [-0.2, 0) is 0 Å². The smallest absolute Gasteiger partial charge is 0.362 e. The predicted molar refractivity (Wildman–Crippen MR) is 61.3 cm³/mol. The third-order valence-corrected chi connectivity index (χ3v) is 2.87. The van der Waals surface area contributed by atoms with Gasteiger partial charge >= 0.3 is 6.18 Å². The highest BCUT2D eigenvalue weighted by Gasteiger charge is 2.62. The molecule has 4 nitrogen and oxygen atoms in total. The molecule has 0 spiro atoms. The van der Waals surface area contributed by atoms with Crippen LogP contribution in [0.2, 0.25) is 0 Å². The van der Waals surface area contributed by atoms with E-state index in [9.17, 15) is 27.5 Å². The van der Waals surface area contributed by atoms with E-state index in [-0.39, 0.29) is 10.7 Å². The summed E-state index contributed by atoms with van der Waals surface area (Å²) < 4.78 is 52.3. The summed E-state index contributed by atoms with van der Waals surface area (Å²) in [5.74, 6) is -2.33. The van der Waals surface area contributed by atoms with Gasteiger partial charge in [0.25, 0.3) is 11.6 Å². The van der Waals surface area contributed by atoms with Crippen molar-refractivity contribution in [3.63, 3.8) is 0 Å². The topological polar surface area (TPSA) is 52.9 Å². The number of hydrazone groups is 1. The lowest BCUT2D eigenvalue weighted by atomic mass is 10.1. The zero-order valence-electron chi connectivity index (χ0n) is 10.3. The van der Waals surface area contributed by atoms with Crippen LogP contribution in [-0.4, -0.2) is 33.6 Å². The molecule has 1 aromatic carbocycles. The van der Waals surface area contributed by atoms with Crippen molar-refractivity contribution in [3.05, 3.63) is 35.6 Å². The van der Waals surface area contributed by atoms with E-state index >= 15 is 0 Å². The number of hydrogen-bond acceptors (Lipinski definition) is 3. The Kier molecular flexibility index (Phi) is 3.29. The highest BCUT2D eigenvalue weighted by atomic mass is 19.4. The third-order valence-electron chi connectivity index (χ3n) is 2.87. The minimum absolute atomic E-state index is 0.0745.